The second-order valence-corrected chi connectivity index (χ2v) is 7.51. The Morgan fingerprint density at radius 1 is 0.963 bits per heavy atom. The molecule has 1 N–H and O–H groups in total. The van der Waals surface area contributed by atoms with Gasteiger partial charge in [0.05, 0.1) is 0 Å². The van der Waals surface area contributed by atoms with Crippen LogP contribution in [0, 0.1) is 5.82 Å². The third-order valence-corrected chi connectivity index (χ3v) is 5.04. The molecule has 0 heterocycles. The summed E-state index contributed by atoms with van der Waals surface area (Å²) in [6.07, 6.45) is 0.837. The minimum atomic E-state index is -0.207. The van der Waals surface area contributed by atoms with Gasteiger partial charge in [0, 0.05) is 27.2 Å². The molecule has 5 heteroatoms. The molecule has 3 aromatic carbocycles. The third kappa shape index (κ3) is 6.06. The molecule has 2 nitrogen and oxygen atoms in total. The summed E-state index contributed by atoms with van der Waals surface area (Å²) in [5, 5.41) is 4.12. The van der Waals surface area contributed by atoms with Crippen molar-refractivity contribution in [3.05, 3.63) is 98.7 Å². The molecule has 0 aliphatic rings. The van der Waals surface area contributed by atoms with Crippen molar-refractivity contribution in [1.29, 1.82) is 0 Å². The highest BCUT2D eigenvalue weighted by molar-refractivity contribution is 9.10. The lowest BCUT2D eigenvalue weighted by atomic mass is 10.1. The number of rotatable bonds is 8. The molecule has 140 valence electrons. The van der Waals surface area contributed by atoms with Gasteiger partial charge in [-0.2, -0.15) is 0 Å². The van der Waals surface area contributed by atoms with Gasteiger partial charge in [0.25, 0.3) is 0 Å². The van der Waals surface area contributed by atoms with Crippen molar-refractivity contribution in [3.63, 3.8) is 0 Å². The van der Waals surface area contributed by atoms with E-state index in [9.17, 15) is 4.39 Å². The average molecular weight is 449 g/mol. The first-order valence-corrected chi connectivity index (χ1v) is 9.89. The van der Waals surface area contributed by atoms with Crippen molar-refractivity contribution in [1.82, 2.24) is 5.32 Å². The normalized spacial score (nSPS) is 10.8. The summed E-state index contributed by atoms with van der Waals surface area (Å²) in [5.41, 5.74) is 3.13. The molecular weight excluding hydrogens is 429 g/mol. The largest absolute Gasteiger partial charge is 0.489 e. The van der Waals surface area contributed by atoms with Crippen molar-refractivity contribution in [2.24, 2.45) is 0 Å². The lowest BCUT2D eigenvalue weighted by molar-refractivity contribution is 0.302. The molecule has 27 heavy (non-hydrogen) atoms. The maximum atomic E-state index is 13.0. The number of halogens is 3. The van der Waals surface area contributed by atoms with Crippen LogP contribution in [0.3, 0.4) is 0 Å². The fourth-order valence-electron chi connectivity index (χ4n) is 2.70. The summed E-state index contributed by atoms with van der Waals surface area (Å²) in [6, 6.07) is 20.2. The summed E-state index contributed by atoms with van der Waals surface area (Å²) in [7, 11) is 0. The standard InChI is InChI=1S/C22H20BrClFNO/c23-19-7-10-22(27-15-17-3-1-2-4-21(17)24)18(13-19)14-26-12-11-16-5-8-20(25)9-6-16/h1-10,13,26H,11-12,14-15H2. The van der Waals surface area contributed by atoms with Gasteiger partial charge in [-0.15, -0.1) is 0 Å². The second-order valence-electron chi connectivity index (χ2n) is 6.19. The highest BCUT2D eigenvalue weighted by Gasteiger charge is 2.07. The Balaban J connectivity index is 1.57. The van der Waals surface area contributed by atoms with E-state index in [0.717, 1.165) is 39.9 Å². The predicted molar refractivity (Wildman–Crippen MR) is 112 cm³/mol. The van der Waals surface area contributed by atoms with Crippen LogP contribution in [0.2, 0.25) is 5.02 Å². The first kappa shape index (κ1) is 19.9. The van der Waals surface area contributed by atoms with Gasteiger partial charge in [-0.25, -0.2) is 4.39 Å². The molecule has 3 rings (SSSR count). The van der Waals surface area contributed by atoms with Crippen LogP contribution in [-0.4, -0.2) is 6.54 Å². The Morgan fingerprint density at radius 2 is 1.74 bits per heavy atom. The van der Waals surface area contributed by atoms with Gasteiger partial charge in [0.15, 0.2) is 0 Å². The van der Waals surface area contributed by atoms with Gasteiger partial charge in [-0.1, -0.05) is 57.9 Å². The highest BCUT2D eigenvalue weighted by atomic mass is 79.9. The zero-order valence-corrected chi connectivity index (χ0v) is 17.1. The minimum absolute atomic E-state index is 0.207. The van der Waals surface area contributed by atoms with Crippen LogP contribution in [0.5, 0.6) is 5.75 Å². The lowest BCUT2D eigenvalue weighted by Gasteiger charge is -2.14. The molecule has 0 fully saturated rings. The van der Waals surface area contributed by atoms with E-state index in [1.807, 2.05) is 54.6 Å². The summed E-state index contributed by atoms with van der Waals surface area (Å²) >= 11 is 9.72. The summed E-state index contributed by atoms with van der Waals surface area (Å²) in [4.78, 5) is 0. The van der Waals surface area contributed by atoms with E-state index in [-0.39, 0.29) is 5.82 Å². The van der Waals surface area contributed by atoms with E-state index in [1.165, 1.54) is 12.1 Å². The van der Waals surface area contributed by atoms with Gasteiger partial charge < -0.3 is 10.1 Å². The van der Waals surface area contributed by atoms with E-state index in [1.54, 1.807) is 0 Å². The van der Waals surface area contributed by atoms with E-state index < -0.39 is 0 Å². The van der Waals surface area contributed by atoms with Crippen molar-refractivity contribution < 1.29 is 9.13 Å². The molecule has 0 radical (unpaired) electrons. The van der Waals surface area contributed by atoms with Crippen molar-refractivity contribution in [3.8, 4) is 5.75 Å². The average Bonchev–Trinajstić information content (AvgIpc) is 2.67. The highest BCUT2D eigenvalue weighted by Crippen LogP contribution is 2.25. The quantitative estimate of drug-likeness (QED) is 0.417. The van der Waals surface area contributed by atoms with Gasteiger partial charge in [-0.05, 0) is 54.9 Å². The first-order valence-electron chi connectivity index (χ1n) is 8.71. The Labute approximate surface area is 172 Å². The molecule has 0 saturated carbocycles. The van der Waals surface area contributed by atoms with Gasteiger partial charge in [-0.3, -0.25) is 0 Å². The Morgan fingerprint density at radius 3 is 2.52 bits per heavy atom. The fourth-order valence-corrected chi connectivity index (χ4v) is 3.30. The number of benzene rings is 3. The topological polar surface area (TPSA) is 21.3 Å². The lowest BCUT2D eigenvalue weighted by Crippen LogP contribution is -2.17. The molecule has 3 aromatic rings. The van der Waals surface area contributed by atoms with Crippen LogP contribution in [0.4, 0.5) is 4.39 Å². The molecule has 0 saturated heterocycles. The summed E-state index contributed by atoms with van der Waals surface area (Å²) < 4.78 is 20.0. The van der Waals surface area contributed by atoms with Crippen LogP contribution in [0.15, 0.2) is 71.2 Å². The van der Waals surface area contributed by atoms with Crippen molar-refractivity contribution >= 4 is 27.5 Å². The monoisotopic (exact) mass is 447 g/mol. The van der Waals surface area contributed by atoms with Crippen LogP contribution < -0.4 is 10.1 Å². The number of hydrogen-bond acceptors (Lipinski definition) is 2. The number of ether oxygens (including phenoxy) is 1. The van der Waals surface area contributed by atoms with Crippen LogP contribution in [0.25, 0.3) is 0 Å². The zero-order valence-electron chi connectivity index (χ0n) is 14.7. The van der Waals surface area contributed by atoms with E-state index in [4.69, 9.17) is 16.3 Å². The molecular formula is C22H20BrClFNO. The van der Waals surface area contributed by atoms with Gasteiger partial charge in [0.2, 0.25) is 0 Å². The number of hydrogen-bond donors (Lipinski definition) is 1. The predicted octanol–water partition coefficient (Wildman–Crippen LogP) is 6.15. The maximum Gasteiger partial charge on any atom is 0.124 e. The van der Waals surface area contributed by atoms with Crippen LogP contribution >= 0.6 is 27.5 Å². The zero-order chi connectivity index (χ0) is 19.1. The SMILES string of the molecule is Fc1ccc(CCNCc2cc(Br)ccc2OCc2ccccc2Cl)cc1. The Bertz CT molecular complexity index is 886. The second kappa shape index (κ2) is 9.88. The van der Waals surface area contributed by atoms with Crippen LogP contribution in [0.1, 0.15) is 16.7 Å². The van der Waals surface area contributed by atoms with Gasteiger partial charge in [0.1, 0.15) is 18.2 Å². The molecule has 0 aromatic heterocycles. The molecule has 0 bridgehead atoms. The minimum Gasteiger partial charge on any atom is -0.489 e. The molecule has 0 aliphatic carbocycles. The Hall–Kier alpha value is -1.88. The smallest absolute Gasteiger partial charge is 0.124 e. The number of nitrogens with one attached hydrogen (secondary N) is 1. The summed E-state index contributed by atoms with van der Waals surface area (Å²) in [5.74, 6) is 0.619. The fraction of sp³-hybridized carbons (Fsp3) is 0.182. The van der Waals surface area contributed by atoms with Crippen molar-refractivity contribution in [2.45, 2.75) is 19.6 Å². The molecule has 0 spiro atoms. The molecule has 0 amide bonds. The first-order chi connectivity index (χ1) is 13.1. The third-order valence-electron chi connectivity index (χ3n) is 4.18. The molecule has 0 aliphatic heterocycles. The van der Waals surface area contributed by atoms with E-state index in [0.29, 0.717) is 18.2 Å². The molecule has 0 atom stereocenters. The van der Waals surface area contributed by atoms with E-state index >= 15 is 0 Å². The summed E-state index contributed by atoms with van der Waals surface area (Å²) in [6.45, 7) is 1.89. The van der Waals surface area contributed by atoms with E-state index in [2.05, 4.69) is 21.2 Å². The van der Waals surface area contributed by atoms with Gasteiger partial charge >= 0.3 is 0 Å². The van der Waals surface area contributed by atoms with Crippen LogP contribution in [-0.2, 0) is 19.6 Å². The molecule has 0 unspecified atom stereocenters. The maximum absolute atomic E-state index is 13.0. The van der Waals surface area contributed by atoms with Crippen molar-refractivity contribution in [2.75, 3.05) is 6.54 Å². The Kier molecular flexibility index (Phi) is 7.27.